The molecule has 0 unspecified atom stereocenters. The smallest absolute Gasteiger partial charge is 0.148 e. The monoisotopic (exact) mass is 366 g/mol. The predicted molar refractivity (Wildman–Crippen MR) is 82.7 cm³/mol. The lowest BCUT2D eigenvalue weighted by Crippen LogP contribution is -1.91. The second-order valence-corrected chi connectivity index (χ2v) is 5.50. The molecule has 3 rings (SSSR count). The number of nitrogens with zero attached hydrogens (tertiary/aromatic N) is 2. The van der Waals surface area contributed by atoms with Crippen molar-refractivity contribution in [3.05, 3.63) is 57.3 Å². The number of fused-ring (bicyclic) bond motifs is 1. The third-order valence-corrected chi connectivity index (χ3v) is 3.76. The van der Waals surface area contributed by atoms with Gasteiger partial charge < -0.3 is 0 Å². The number of hydrogen-bond acceptors (Lipinski definition) is 2. The highest BCUT2D eigenvalue weighted by atomic mass is 127. The Labute approximate surface area is 123 Å². The van der Waals surface area contributed by atoms with Crippen molar-refractivity contribution in [3.63, 3.8) is 0 Å². The van der Waals surface area contributed by atoms with Crippen LogP contribution in [0.1, 0.15) is 0 Å². The molecule has 0 bridgehead atoms. The molecule has 0 atom stereocenters. The van der Waals surface area contributed by atoms with Gasteiger partial charge in [0, 0.05) is 19.9 Å². The van der Waals surface area contributed by atoms with Crippen molar-refractivity contribution >= 4 is 45.0 Å². The molecule has 3 aromatic rings. The summed E-state index contributed by atoms with van der Waals surface area (Å²) in [6, 6.07) is 16.1. The molecule has 2 nitrogen and oxygen atoms in total. The first-order valence-electron chi connectivity index (χ1n) is 5.42. The van der Waals surface area contributed by atoms with E-state index in [0.29, 0.717) is 5.15 Å². The molecule has 0 aliphatic rings. The molecule has 1 heterocycles. The topological polar surface area (TPSA) is 25.8 Å². The average Bonchev–Trinajstić information content (AvgIpc) is 2.41. The van der Waals surface area contributed by atoms with Crippen LogP contribution in [0.3, 0.4) is 0 Å². The lowest BCUT2D eigenvalue weighted by atomic mass is 10.1. The third-order valence-electron chi connectivity index (χ3n) is 2.76. The predicted octanol–water partition coefficient (Wildman–Crippen LogP) is 4.55. The maximum atomic E-state index is 6.07. The molecule has 1 aromatic heterocycles. The minimum atomic E-state index is 0.444. The fraction of sp³-hybridized carbons (Fsp3) is 0. The standard InChI is InChI=1S/C14H8ClIN2/c15-14-12-4-2-1-3-11(12)13(17-18-14)9-5-7-10(16)8-6-9/h1-8H. The van der Waals surface area contributed by atoms with Gasteiger partial charge in [-0.1, -0.05) is 48.0 Å². The van der Waals surface area contributed by atoms with Crippen molar-refractivity contribution in [2.24, 2.45) is 0 Å². The van der Waals surface area contributed by atoms with E-state index >= 15 is 0 Å². The molecule has 2 aromatic carbocycles. The van der Waals surface area contributed by atoms with Gasteiger partial charge in [0.25, 0.3) is 0 Å². The summed E-state index contributed by atoms with van der Waals surface area (Å²) < 4.78 is 1.20. The summed E-state index contributed by atoms with van der Waals surface area (Å²) >= 11 is 8.35. The van der Waals surface area contributed by atoms with Gasteiger partial charge in [0.2, 0.25) is 0 Å². The Morgan fingerprint density at radius 1 is 0.833 bits per heavy atom. The molecule has 0 N–H and O–H groups in total. The Balaban J connectivity index is 2.30. The van der Waals surface area contributed by atoms with Crippen LogP contribution in [0.4, 0.5) is 0 Å². The molecule has 88 valence electrons. The highest BCUT2D eigenvalue weighted by molar-refractivity contribution is 14.1. The maximum Gasteiger partial charge on any atom is 0.159 e. The van der Waals surface area contributed by atoms with Crippen molar-refractivity contribution < 1.29 is 0 Å². The second kappa shape index (κ2) is 4.82. The van der Waals surface area contributed by atoms with Crippen molar-refractivity contribution in [1.29, 1.82) is 0 Å². The number of halogens is 2. The van der Waals surface area contributed by atoms with Gasteiger partial charge in [-0.25, -0.2) is 0 Å². The average molecular weight is 367 g/mol. The first-order chi connectivity index (χ1) is 8.75. The van der Waals surface area contributed by atoms with E-state index in [1.54, 1.807) is 0 Å². The molecule has 0 spiro atoms. The molecule has 0 saturated heterocycles. The first kappa shape index (κ1) is 11.9. The van der Waals surface area contributed by atoms with E-state index in [9.17, 15) is 0 Å². The van der Waals surface area contributed by atoms with E-state index in [2.05, 4.69) is 44.9 Å². The zero-order chi connectivity index (χ0) is 12.5. The van der Waals surface area contributed by atoms with Crippen LogP contribution in [-0.2, 0) is 0 Å². The molecule has 0 fully saturated rings. The van der Waals surface area contributed by atoms with Gasteiger partial charge >= 0.3 is 0 Å². The van der Waals surface area contributed by atoms with E-state index < -0.39 is 0 Å². The van der Waals surface area contributed by atoms with Crippen molar-refractivity contribution in [3.8, 4) is 11.3 Å². The SMILES string of the molecule is Clc1nnc(-c2ccc(I)cc2)c2ccccc12. The van der Waals surface area contributed by atoms with Crippen molar-refractivity contribution in [1.82, 2.24) is 10.2 Å². The Morgan fingerprint density at radius 2 is 1.50 bits per heavy atom. The molecule has 0 radical (unpaired) electrons. The Hall–Kier alpha value is -1.20. The lowest BCUT2D eigenvalue weighted by Gasteiger charge is -2.06. The fourth-order valence-electron chi connectivity index (χ4n) is 1.89. The summed E-state index contributed by atoms with van der Waals surface area (Å²) in [5, 5.41) is 10.6. The summed E-state index contributed by atoms with van der Waals surface area (Å²) in [6.45, 7) is 0. The molecule has 18 heavy (non-hydrogen) atoms. The van der Waals surface area contributed by atoms with Gasteiger partial charge in [0.15, 0.2) is 5.15 Å². The molecular weight excluding hydrogens is 359 g/mol. The van der Waals surface area contributed by atoms with Gasteiger partial charge in [-0.15, -0.1) is 10.2 Å². The zero-order valence-electron chi connectivity index (χ0n) is 9.27. The van der Waals surface area contributed by atoms with E-state index in [0.717, 1.165) is 22.0 Å². The summed E-state index contributed by atoms with van der Waals surface area (Å²) in [7, 11) is 0. The van der Waals surface area contributed by atoms with Crippen LogP contribution in [0.2, 0.25) is 5.15 Å². The Morgan fingerprint density at radius 3 is 2.22 bits per heavy atom. The summed E-state index contributed by atoms with van der Waals surface area (Å²) in [4.78, 5) is 0. The second-order valence-electron chi connectivity index (χ2n) is 3.89. The van der Waals surface area contributed by atoms with Crippen LogP contribution in [0.5, 0.6) is 0 Å². The van der Waals surface area contributed by atoms with Gasteiger partial charge in [-0.3, -0.25) is 0 Å². The number of rotatable bonds is 1. The van der Waals surface area contributed by atoms with Crippen LogP contribution in [0.25, 0.3) is 22.0 Å². The number of aromatic nitrogens is 2. The quantitative estimate of drug-likeness (QED) is 0.590. The van der Waals surface area contributed by atoms with Gasteiger partial charge in [0.05, 0.1) is 0 Å². The summed E-state index contributed by atoms with van der Waals surface area (Å²) in [5.41, 5.74) is 1.92. The van der Waals surface area contributed by atoms with Crippen LogP contribution >= 0.6 is 34.2 Å². The molecular formula is C14H8ClIN2. The highest BCUT2D eigenvalue weighted by Gasteiger charge is 2.08. The largest absolute Gasteiger partial charge is 0.159 e. The number of hydrogen-bond donors (Lipinski definition) is 0. The Kier molecular flexibility index (Phi) is 3.18. The van der Waals surface area contributed by atoms with Crippen LogP contribution in [0.15, 0.2) is 48.5 Å². The lowest BCUT2D eigenvalue weighted by molar-refractivity contribution is 1.06. The van der Waals surface area contributed by atoms with Gasteiger partial charge in [-0.05, 0) is 34.7 Å². The van der Waals surface area contributed by atoms with Crippen molar-refractivity contribution in [2.45, 2.75) is 0 Å². The Bertz CT molecular complexity index is 711. The van der Waals surface area contributed by atoms with Gasteiger partial charge in [0.1, 0.15) is 5.69 Å². The fourth-order valence-corrected chi connectivity index (χ4v) is 2.45. The summed E-state index contributed by atoms with van der Waals surface area (Å²) in [5.74, 6) is 0. The molecule has 0 aliphatic carbocycles. The van der Waals surface area contributed by atoms with E-state index in [1.165, 1.54) is 3.57 Å². The van der Waals surface area contributed by atoms with Crippen LogP contribution in [0, 0.1) is 3.57 Å². The molecule has 4 heteroatoms. The zero-order valence-corrected chi connectivity index (χ0v) is 12.2. The first-order valence-corrected chi connectivity index (χ1v) is 6.88. The molecule has 0 aliphatic heterocycles. The minimum absolute atomic E-state index is 0.444. The normalized spacial score (nSPS) is 10.8. The molecule has 0 amide bonds. The summed E-state index contributed by atoms with van der Waals surface area (Å²) in [6.07, 6.45) is 0. The van der Waals surface area contributed by atoms with E-state index in [1.807, 2.05) is 36.4 Å². The van der Waals surface area contributed by atoms with Gasteiger partial charge in [-0.2, -0.15) is 0 Å². The van der Waals surface area contributed by atoms with Crippen LogP contribution < -0.4 is 0 Å². The van der Waals surface area contributed by atoms with Crippen LogP contribution in [-0.4, -0.2) is 10.2 Å². The maximum absolute atomic E-state index is 6.07. The number of benzene rings is 2. The third kappa shape index (κ3) is 2.08. The van der Waals surface area contributed by atoms with Crippen molar-refractivity contribution in [2.75, 3.05) is 0 Å². The molecule has 0 saturated carbocycles. The highest BCUT2D eigenvalue weighted by Crippen LogP contribution is 2.29. The van der Waals surface area contributed by atoms with E-state index in [4.69, 9.17) is 11.6 Å². The minimum Gasteiger partial charge on any atom is -0.148 e. The van der Waals surface area contributed by atoms with E-state index in [-0.39, 0.29) is 0 Å².